The lowest BCUT2D eigenvalue weighted by Crippen LogP contribution is -2.19. The molecule has 1 fully saturated rings. The Balaban J connectivity index is 0.000000165. The van der Waals surface area contributed by atoms with Crippen molar-refractivity contribution in [3.05, 3.63) is 76.1 Å². The number of aromatic nitrogens is 2. The minimum atomic E-state index is -1.15. The third-order valence-electron chi connectivity index (χ3n) is 5.72. The predicted octanol–water partition coefficient (Wildman–Crippen LogP) is 5.68. The van der Waals surface area contributed by atoms with Crippen LogP contribution >= 0.6 is 11.3 Å². The molecular formula is C26H24F2N4O2S. The van der Waals surface area contributed by atoms with Crippen LogP contribution in [0.25, 0.3) is 21.3 Å². The number of hydrogen-bond donors (Lipinski definition) is 3. The molecule has 2 heterocycles. The Labute approximate surface area is 205 Å². The van der Waals surface area contributed by atoms with Crippen LogP contribution in [0.5, 0.6) is 0 Å². The molecule has 6 nitrogen and oxygen atoms in total. The Kier molecular flexibility index (Phi) is 7.54. The summed E-state index contributed by atoms with van der Waals surface area (Å²) in [6, 6.07) is 10.6. The lowest BCUT2D eigenvalue weighted by molar-refractivity contribution is 0.0692. The van der Waals surface area contributed by atoms with Gasteiger partial charge in [-0.2, -0.15) is 5.26 Å². The number of halogens is 2. The number of carbonyl (C=O) groups is 1. The molecule has 0 saturated heterocycles. The average Bonchev–Trinajstić information content (AvgIpc) is 3.45. The fraction of sp³-hybridized carbons (Fsp3) is 0.269. The van der Waals surface area contributed by atoms with Crippen LogP contribution in [-0.2, 0) is 6.42 Å². The molecule has 0 aliphatic heterocycles. The van der Waals surface area contributed by atoms with Gasteiger partial charge in [0.15, 0.2) is 5.69 Å². The molecule has 2 aromatic heterocycles. The van der Waals surface area contributed by atoms with Crippen LogP contribution < -0.4 is 5.32 Å². The molecule has 180 valence electrons. The van der Waals surface area contributed by atoms with Crippen LogP contribution in [0, 0.1) is 35.8 Å². The van der Waals surface area contributed by atoms with Gasteiger partial charge < -0.3 is 15.4 Å². The highest BCUT2D eigenvalue weighted by atomic mass is 32.1. The van der Waals surface area contributed by atoms with Crippen molar-refractivity contribution >= 4 is 28.2 Å². The van der Waals surface area contributed by atoms with Crippen molar-refractivity contribution < 1.29 is 18.7 Å². The number of benzene rings is 2. The number of H-pyrrole nitrogens is 1. The van der Waals surface area contributed by atoms with Gasteiger partial charge in [-0.1, -0.05) is 6.07 Å². The fourth-order valence-corrected chi connectivity index (χ4v) is 4.63. The average molecular weight is 495 g/mol. The maximum absolute atomic E-state index is 13.5. The first kappa shape index (κ1) is 24.5. The Hall–Kier alpha value is -3.61. The first-order valence-electron chi connectivity index (χ1n) is 11.2. The molecule has 1 aliphatic rings. The van der Waals surface area contributed by atoms with Crippen LogP contribution in [0.4, 0.5) is 8.78 Å². The molecule has 0 unspecified atom stereocenters. The van der Waals surface area contributed by atoms with Crippen LogP contribution in [0.15, 0.2) is 42.6 Å². The normalized spacial score (nSPS) is 12.7. The van der Waals surface area contributed by atoms with E-state index in [2.05, 4.69) is 15.3 Å². The first-order chi connectivity index (χ1) is 16.9. The molecule has 0 spiro atoms. The Morgan fingerprint density at radius 1 is 1.29 bits per heavy atom. The minimum absolute atomic E-state index is 0.0723. The highest BCUT2D eigenvalue weighted by Crippen LogP contribution is 2.31. The zero-order valence-electron chi connectivity index (χ0n) is 19.1. The van der Waals surface area contributed by atoms with Crippen molar-refractivity contribution in [1.29, 1.82) is 5.26 Å². The minimum Gasteiger partial charge on any atom is -0.476 e. The summed E-state index contributed by atoms with van der Waals surface area (Å²) in [5.74, 6) is -1.07. The zero-order chi connectivity index (χ0) is 24.9. The molecule has 0 radical (unpaired) electrons. The number of rotatable bonds is 7. The second kappa shape index (κ2) is 10.8. The highest BCUT2D eigenvalue weighted by Gasteiger charge is 2.20. The Morgan fingerprint density at radius 2 is 2.09 bits per heavy atom. The monoisotopic (exact) mass is 494 g/mol. The number of thiazole rings is 1. The van der Waals surface area contributed by atoms with Crippen LogP contribution in [0.3, 0.4) is 0 Å². The van der Waals surface area contributed by atoms with E-state index in [4.69, 9.17) is 10.4 Å². The summed E-state index contributed by atoms with van der Waals surface area (Å²) in [5.41, 5.74) is 2.46. The largest absolute Gasteiger partial charge is 0.476 e. The van der Waals surface area contributed by atoms with Crippen molar-refractivity contribution in [3.63, 3.8) is 0 Å². The summed E-state index contributed by atoms with van der Waals surface area (Å²) in [6.07, 6.45) is 5.70. The number of carboxylic acids is 1. The molecular weight excluding hydrogens is 470 g/mol. The maximum atomic E-state index is 13.5. The number of carboxylic acid groups (broad SMARTS) is 1. The number of aryl methyl sites for hydroxylation is 1. The van der Waals surface area contributed by atoms with Crippen LogP contribution in [0.2, 0.25) is 0 Å². The number of nitrogens with zero attached hydrogens (tertiary/aromatic N) is 2. The second-order valence-corrected chi connectivity index (χ2v) is 9.63. The third-order valence-corrected chi connectivity index (χ3v) is 6.74. The van der Waals surface area contributed by atoms with Crippen LogP contribution in [0.1, 0.15) is 39.5 Å². The van der Waals surface area contributed by atoms with E-state index in [1.807, 2.05) is 6.20 Å². The van der Waals surface area contributed by atoms with Gasteiger partial charge in [-0.05, 0) is 86.7 Å². The van der Waals surface area contributed by atoms with E-state index in [1.165, 1.54) is 47.9 Å². The molecule has 5 rings (SSSR count). The van der Waals surface area contributed by atoms with E-state index >= 15 is 0 Å². The van der Waals surface area contributed by atoms with Crippen LogP contribution in [-0.4, -0.2) is 34.1 Å². The molecule has 3 N–H and O–H groups in total. The number of nitriles is 1. The molecule has 2 aromatic carbocycles. The Bertz CT molecular complexity index is 1400. The van der Waals surface area contributed by atoms with Gasteiger partial charge in [0.1, 0.15) is 17.7 Å². The van der Waals surface area contributed by atoms with Gasteiger partial charge in [0.2, 0.25) is 0 Å². The molecule has 35 heavy (non-hydrogen) atoms. The van der Waals surface area contributed by atoms with Gasteiger partial charge in [0, 0.05) is 17.1 Å². The van der Waals surface area contributed by atoms with Gasteiger partial charge >= 0.3 is 5.97 Å². The molecule has 0 amide bonds. The molecule has 9 heteroatoms. The van der Waals surface area contributed by atoms with Crippen molar-refractivity contribution in [2.75, 3.05) is 13.1 Å². The number of fused-ring (bicyclic) bond motifs is 1. The quantitative estimate of drug-likeness (QED) is 0.287. The van der Waals surface area contributed by atoms with E-state index in [-0.39, 0.29) is 17.1 Å². The molecule has 0 atom stereocenters. The van der Waals surface area contributed by atoms with E-state index in [0.717, 1.165) is 42.4 Å². The number of nitrogens with one attached hydrogen (secondary N) is 2. The van der Waals surface area contributed by atoms with E-state index in [1.54, 1.807) is 25.1 Å². The topological polar surface area (TPSA) is 102 Å². The fourth-order valence-electron chi connectivity index (χ4n) is 3.72. The molecule has 1 saturated carbocycles. The Morgan fingerprint density at radius 3 is 2.77 bits per heavy atom. The van der Waals surface area contributed by atoms with Crippen molar-refractivity contribution in [1.82, 2.24) is 15.3 Å². The highest BCUT2D eigenvalue weighted by molar-refractivity contribution is 7.15. The lowest BCUT2D eigenvalue weighted by Gasteiger charge is -2.02. The number of hydrogen-bond acceptors (Lipinski definition) is 5. The summed E-state index contributed by atoms with van der Waals surface area (Å²) in [5, 5.41) is 22.7. The third kappa shape index (κ3) is 6.10. The summed E-state index contributed by atoms with van der Waals surface area (Å²) < 4.78 is 26.7. The van der Waals surface area contributed by atoms with E-state index in [0.29, 0.717) is 15.4 Å². The summed E-state index contributed by atoms with van der Waals surface area (Å²) in [6.45, 7) is 3.79. The van der Waals surface area contributed by atoms with E-state index in [9.17, 15) is 13.6 Å². The standard InChI is InChI=1S/C14H17FN2.C12H7FN2O2S/c15-12-3-4-14-13(7-12)11(9-17-14)5-6-16-8-10-1-2-10;1-6-15-10(12(16)17)11(18-6)7-2-3-8(5-14)9(13)4-7/h3-4,7,9-10,16-17H,1-2,5-6,8H2;2-4H,1H3,(H,16,17). The predicted molar refractivity (Wildman–Crippen MR) is 131 cm³/mol. The number of aromatic carboxylic acids is 1. The molecule has 0 bridgehead atoms. The second-order valence-electron chi connectivity index (χ2n) is 8.42. The summed E-state index contributed by atoms with van der Waals surface area (Å²) in [4.78, 5) is 18.5. The van der Waals surface area contributed by atoms with Gasteiger partial charge in [-0.25, -0.2) is 18.6 Å². The summed E-state index contributed by atoms with van der Waals surface area (Å²) in [7, 11) is 0. The van der Waals surface area contributed by atoms with Gasteiger partial charge in [0.05, 0.1) is 15.4 Å². The SMILES string of the molecule is Cc1nc(C(=O)O)c(-c2ccc(C#N)c(F)c2)s1.Fc1ccc2[nH]cc(CCNCC3CC3)c2c1. The van der Waals surface area contributed by atoms with Gasteiger partial charge in [0.25, 0.3) is 0 Å². The maximum Gasteiger partial charge on any atom is 0.356 e. The zero-order valence-corrected chi connectivity index (χ0v) is 19.9. The van der Waals surface area contributed by atoms with E-state index < -0.39 is 11.8 Å². The van der Waals surface area contributed by atoms with Gasteiger partial charge in [-0.3, -0.25) is 0 Å². The smallest absolute Gasteiger partial charge is 0.356 e. The lowest BCUT2D eigenvalue weighted by atomic mass is 10.1. The molecule has 1 aliphatic carbocycles. The number of aromatic amines is 1. The van der Waals surface area contributed by atoms with Gasteiger partial charge in [-0.15, -0.1) is 11.3 Å². The molecule has 4 aromatic rings. The van der Waals surface area contributed by atoms with Crippen molar-refractivity contribution in [2.45, 2.75) is 26.2 Å². The summed E-state index contributed by atoms with van der Waals surface area (Å²) >= 11 is 1.18. The van der Waals surface area contributed by atoms with Crippen molar-refractivity contribution in [2.24, 2.45) is 5.92 Å². The first-order valence-corrected chi connectivity index (χ1v) is 12.0. The van der Waals surface area contributed by atoms with Crippen molar-refractivity contribution in [3.8, 4) is 16.5 Å².